The molecule has 0 fully saturated rings. The van der Waals surface area contributed by atoms with E-state index in [1.54, 1.807) is 0 Å². The summed E-state index contributed by atoms with van der Waals surface area (Å²) in [5, 5.41) is 10.9. The number of nitriles is 1. The molecule has 1 aromatic carbocycles. The number of hydrogen-bond acceptors (Lipinski definition) is 3. The summed E-state index contributed by atoms with van der Waals surface area (Å²) in [4.78, 5) is -0.993. The highest BCUT2D eigenvalue weighted by Crippen LogP contribution is 2.42. The van der Waals surface area contributed by atoms with Gasteiger partial charge in [-0.2, -0.15) is 36.7 Å². The van der Waals surface area contributed by atoms with Gasteiger partial charge < -0.3 is 0 Å². The maximum Gasteiger partial charge on any atom is 0.476 e. The fourth-order valence-electron chi connectivity index (χ4n) is 1.82. The summed E-state index contributed by atoms with van der Waals surface area (Å²) in [6.45, 7) is 0. The summed E-state index contributed by atoms with van der Waals surface area (Å²) in [6, 6.07) is 2.69. The van der Waals surface area contributed by atoms with Crippen molar-refractivity contribution in [3.8, 4) is 11.8 Å². The van der Waals surface area contributed by atoms with Crippen LogP contribution < -0.4 is 0 Å². The smallest absolute Gasteiger partial charge is 0.245 e. The van der Waals surface area contributed by atoms with E-state index in [0.717, 1.165) is 6.07 Å². The van der Waals surface area contributed by atoms with Crippen LogP contribution in [0.3, 0.4) is 0 Å². The molecule has 0 saturated heterocycles. The van der Waals surface area contributed by atoms with E-state index in [0.29, 0.717) is 10.7 Å². The van der Waals surface area contributed by atoms with Crippen molar-refractivity contribution in [2.45, 2.75) is 16.6 Å². The fraction of sp³-hybridized carbons (Fsp3) is 0.167. The summed E-state index contributed by atoms with van der Waals surface area (Å²) >= 11 is 14.1. The topological polar surface area (TPSA) is 58.7 Å². The number of benzene rings is 1. The molecule has 0 saturated carbocycles. The van der Waals surface area contributed by atoms with E-state index in [4.69, 9.17) is 28.5 Å². The van der Waals surface area contributed by atoms with Gasteiger partial charge in [0.05, 0.1) is 21.3 Å². The van der Waals surface area contributed by atoms with Crippen LogP contribution in [0.2, 0.25) is 10.0 Å². The molecule has 0 N–H and O–H groups in total. The highest BCUT2D eigenvalue weighted by atomic mass is 79.9. The minimum atomic E-state index is -5.19. The van der Waals surface area contributed by atoms with Crippen molar-refractivity contribution in [3.63, 3.8) is 0 Å². The van der Waals surface area contributed by atoms with E-state index < -0.39 is 53.3 Å². The Kier molecular flexibility index (Phi) is 5.68. The summed E-state index contributed by atoms with van der Waals surface area (Å²) < 4.78 is 88.3. The van der Waals surface area contributed by atoms with E-state index in [-0.39, 0.29) is 5.69 Å². The SMILES string of the molecule is N#Cc1nn(-c2ccc(C(F)(F)F)c(Cl)c2Cl)c(Br)c1S(=O)C(F)(F)F. The average Bonchev–Trinajstić information content (AvgIpc) is 2.83. The van der Waals surface area contributed by atoms with Crippen molar-refractivity contribution < 1.29 is 30.6 Å². The quantitative estimate of drug-likeness (QED) is 0.514. The van der Waals surface area contributed by atoms with Gasteiger partial charge in [-0.15, -0.1) is 0 Å². The third kappa shape index (κ3) is 3.71. The van der Waals surface area contributed by atoms with Gasteiger partial charge in [0, 0.05) is 0 Å². The lowest BCUT2D eigenvalue weighted by molar-refractivity contribution is -0.137. The highest BCUT2D eigenvalue weighted by Gasteiger charge is 2.42. The molecule has 26 heavy (non-hydrogen) atoms. The van der Waals surface area contributed by atoms with Crippen LogP contribution in [-0.2, 0) is 17.0 Å². The largest absolute Gasteiger partial charge is 0.476 e. The third-order valence-corrected chi connectivity index (χ3v) is 5.93. The number of halogens is 9. The number of nitrogens with zero attached hydrogens (tertiary/aromatic N) is 3. The number of hydrogen-bond donors (Lipinski definition) is 0. The van der Waals surface area contributed by atoms with Crippen LogP contribution in [0.4, 0.5) is 26.3 Å². The van der Waals surface area contributed by atoms with Crippen molar-refractivity contribution in [2.75, 3.05) is 0 Å². The Hall–Kier alpha value is -1.29. The van der Waals surface area contributed by atoms with Crippen LogP contribution in [0.15, 0.2) is 21.6 Å². The van der Waals surface area contributed by atoms with Crippen molar-refractivity contribution >= 4 is 49.9 Å². The molecular weight excluding hydrogens is 499 g/mol. The van der Waals surface area contributed by atoms with E-state index in [1.807, 2.05) is 0 Å². The Morgan fingerprint density at radius 2 is 1.73 bits per heavy atom. The summed E-state index contributed by atoms with van der Waals surface area (Å²) in [6.07, 6.45) is -4.82. The zero-order valence-electron chi connectivity index (χ0n) is 11.7. The van der Waals surface area contributed by atoms with Crippen molar-refractivity contribution in [2.24, 2.45) is 0 Å². The van der Waals surface area contributed by atoms with E-state index in [9.17, 15) is 30.6 Å². The maximum atomic E-state index is 12.8. The molecule has 2 aromatic rings. The van der Waals surface area contributed by atoms with Crippen LogP contribution in [0.25, 0.3) is 5.69 Å². The lowest BCUT2D eigenvalue weighted by atomic mass is 10.2. The summed E-state index contributed by atoms with van der Waals surface area (Å²) in [5.41, 5.74) is -7.65. The number of alkyl halides is 6. The molecular formula is C12H2BrCl2F6N3OS. The zero-order chi connectivity index (χ0) is 20.0. The molecule has 1 unspecified atom stereocenters. The van der Waals surface area contributed by atoms with Crippen LogP contribution in [0, 0.1) is 11.3 Å². The lowest BCUT2D eigenvalue weighted by Gasteiger charge is -2.13. The van der Waals surface area contributed by atoms with Crippen molar-refractivity contribution in [1.82, 2.24) is 9.78 Å². The molecule has 14 heteroatoms. The van der Waals surface area contributed by atoms with Gasteiger partial charge >= 0.3 is 11.7 Å². The second-order valence-electron chi connectivity index (χ2n) is 4.46. The Bertz CT molecular complexity index is 950. The predicted octanol–water partition coefficient (Wildman–Crippen LogP) is 5.46. The maximum absolute atomic E-state index is 12.8. The lowest BCUT2D eigenvalue weighted by Crippen LogP contribution is -2.17. The van der Waals surface area contributed by atoms with Gasteiger partial charge in [-0.25, -0.2) is 8.89 Å². The highest BCUT2D eigenvalue weighted by molar-refractivity contribution is 9.10. The third-order valence-electron chi connectivity index (χ3n) is 2.89. The van der Waals surface area contributed by atoms with Gasteiger partial charge in [0.25, 0.3) is 0 Å². The van der Waals surface area contributed by atoms with E-state index in [1.165, 1.54) is 6.07 Å². The molecule has 140 valence electrons. The Morgan fingerprint density at radius 3 is 2.19 bits per heavy atom. The zero-order valence-corrected chi connectivity index (χ0v) is 15.6. The summed E-state index contributed by atoms with van der Waals surface area (Å²) in [5.74, 6) is 0. The molecule has 0 radical (unpaired) electrons. The first-order valence-electron chi connectivity index (χ1n) is 6.03. The van der Waals surface area contributed by atoms with Gasteiger partial charge in [0.15, 0.2) is 16.5 Å². The first-order chi connectivity index (χ1) is 11.8. The number of aromatic nitrogens is 2. The van der Waals surface area contributed by atoms with Crippen molar-refractivity contribution in [3.05, 3.63) is 38.0 Å². The van der Waals surface area contributed by atoms with Crippen molar-refractivity contribution in [1.29, 1.82) is 5.26 Å². The first-order valence-corrected chi connectivity index (χ1v) is 8.73. The van der Waals surface area contributed by atoms with Crippen LogP contribution in [0.1, 0.15) is 11.3 Å². The minimum absolute atomic E-state index is 0.349. The van der Waals surface area contributed by atoms with Gasteiger partial charge in [-0.05, 0) is 28.1 Å². The summed E-state index contributed by atoms with van der Waals surface area (Å²) in [7, 11) is -3.62. The van der Waals surface area contributed by atoms with E-state index in [2.05, 4.69) is 21.0 Å². The van der Waals surface area contributed by atoms with Gasteiger partial charge in [-0.3, -0.25) is 0 Å². The molecule has 2 rings (SSSR count). The normalized spacial score (nSPS) is 13.5. The van der Waals surface area contributed by atoms with E-state index >= 15 is 0 Å². The van der Waals surface area contributed by atoms with Gasteiger partial charge in [0.2, 0.25) is 0 Å². The molecule has 0 amide bonds. The molecule has 0 bridgehead atoms. The number of rotatable bonds is 2. The minimum Gasteiger partial charge on any atom is -0.245 e. The molecule has 4 nitrogen and oxygen atoms in total. The van der Waals surface area contributed by atoms with Crippen LogP contribution >= 0.6 is 39.1 Å². The molecule has 1 aromatic heterocycles. The Labute approximate surface area is 161 Å². The van der Waals surface area contributed by atoms with Crippen LogP contribution in [0.5, 0.6) is 0 Å². The van der Waals surface area contributed by atoms with Crippen LogP contribution in [-0.4, -0.2) is 19.5 Å². The fourth-order valence-corrected chi connectivity index (χ4v) is 3.96. The second-order valence-corrected chi connectivity index (χ2v) is 7.38. The average molecular weight is 501 g/mol. The van der Waals surface area contributed by atoms with Gasteiger partial charge in [0.1, 0.15) is 15.6 Å². The standard InChI is InChI=1S/C12H2BrCl2F6N3OS/c13-10-9(26(25)12(19,20)21)5(3-22)23-24(10)6-2-1-4(11(16,17)18)7(14)8(6)15/h1-2H. The molecule has 0 aliphatic carbocycles. The van der Waals surface area contributed by atoms with Gasteiger partial charge in [-0.1, -0.05) is 23.2 Å². The molecule has 0 aliphatic heterocycles. The Balaban J connectivity index is 2.73. The molecule has 1 atom stereocenters. The molecule has 0 aliphatic rings. The Morgan fingerprint density at radius 1 is 1.15 bits per heavy atom. The first kappa shape index (κ1) is 21.0. The monoisotopic (exact) mass is 499 g/mol. The predicted molar refractivity (Wildman–Crippen MR) is 83.5 cm³/mol. The second kappa shape index (κ2) is 7.03. The molecule has 0 spiro atoms. The molecule has 1 heterocycles.